The number of nitrogens with zero attached hydrogens (tertiary/aromatic N) is 1. The molecule has 0 aromatic rings. The fraction of sp³-hybridized carbons (Fsp3) is 1.00. The van der Waals surface area contributed by atoms with Crippen molar-refractivity contribution in [3.63, 3.8) is 0 Å². The highest BCUT2D eigenvalue weighted by atomic mass is 32.2. The quantitative estimate of drug-likeness (QED) is 0.640. The Kier molecular flexibility index (Phi) is 4.15. The Morgan fingerprint density at radius 1 is 1.23 bits per heavy atom. The zero-order valence-corrected chi connectivity index (χ0v) is 8.85. The summed E-state index contributed by atoms with van der Waals surface area (Å²) < 4.78 is 27.1. The van der Waals surface area contributed by atoms with Crippen LogP contribution in [0.3, 0.4) is 0 Å². The van der Waals surface area contributed by atoms with Gasteiger partial charge in [0.25, 0.3) is 10.1 Å². The van der Waals surface area contributed by atoms with Gasteiger partial charge >= 0.3 is 0 Å². The van der Waals surface area contributed by atoms with Gasteiger partial charge in [-0.25, -0.2) is 0 Å². The van der Waals surface area contributed by atoms with Gasteiger partial charge in [-0.05, 0) is 32.9 Å². The third-order valence-corrected chi connectivity index (χ3v) is 3.36. The van der Waals surface area contributed by atoms with Gasteiger partial charge in [0.05, 0.1) is 6.61 Å². The molecule has 0 saturated carbocycles. The SMILES string of the molecule is CCOS(=O)(=O)CN1CCCCC1. The predicted octanol–water partition coefficient (Wildman–Crippen LogP) is 0.796. The van der Waals surface area contributed by atoms with E-state index in [1.807, 2.05) is 4.90 Å². The molecule has 1 fully saturated rings. The van der Waals surface area contributed by atoms with Crippen LogP contribution in [0.4, 0.5) is 0 Å². The molecule has 13 heavy (non-hydrogen) atoms. The molecular weight excluding hydrogens is 190 g/mol. The van der Waals surface area contributed by atoms with E-state index in [9.17, 15) is 8.42 Å². The molecule has 78 valence electrons. The Morgan fingerprint density at radius 2 is 1.85 bits per heavy atom. The fourth-order valence-corrected chi connectivity index (χ4v) is 2.67. The van der Waals surface area contributed by atoms with Gasteiger partial charge < -0.3 is 0 Å². The first-order valence-corrected chi connectivity index (χ1v) is 6.31. The summed E-state index contributed by atoms with van der Waals surface area (Å²) >= 11 is 0. The van der Waals surface area contributed by atoms with Gasteiger partial charge in [-0.3, -0.25) is 9.08 Å². The average Bonchev–Trinajstić information content (AvgIpc) is 2.04. The van der Waals surface area contributed by atoms with Gasteiger partial charge in [-0.2, -0.15) is 8.42 Å². The summed E-state index contributed by atoms with van der Waals surface area (Å²) in [5.41, 5.74) is 0. The Morgan fingerprint density at radius 3 is 2.38 bits per heavy atom. The summed E-state index contributed by atoms with van der Waals surface area (Å²) in [4.78, 5) is 1.94. The maximum absolute atomic E-state index is 11.2. The van der Waals surface area contributed by atoms with Crippen molar-refractivity contribution in [1.82, 2.24) is 4.90 Å². The highest BCUT2D eigenvalue weighted by molar-refractivity contribution is 7.86. The third-order valence-electron chi connectivity index (χ3n) is 2.09. The second-order valence-corrected chi connectivity index (χ2v) is 4.88. The number of piperidine rings is 1. The van der Waals surface area contributed by atoms with Crippen LogP contribution in [0.15, 0.2) is 0 Å². The van der Waals surface area contributed by atoms with Gasteiger partial charge in [-0.15, -0.1) is 0 Å². The minimum absolute atomic E-state index is 0.0564. The Labute approximate surface area is 80.0 Å². The van der Waals surface area contributed by atoms with E-state index in [0.717, 1.165) is 25.9 Å². The summed E-state index contributed by atoms with van der Waals surface area (Å²) in [6.45, 7) is 3.68. The summed E-state index contributed by atoms with van der Waals surface area (Å²) in [6, 6.07) is 0. The zero-order valence-electron chi connectivity index (χ0n) is 8.03. The molecule has 1 saturated heterocycles. The zero-order chi connectivity index (χ0) is 9.73. The van der Waals surface area contributed by atoms with Crippen molar-refractivity contribution >= 4 is 10.1 Å². The molecule has 1 aliphatic rings. The normalized spacial score (nSPS) is 20.4. The van der Waals surface area contributed by atoms with Crippen LogP contribution in [0.1, 0.15) is 26.2 Å². The van der Waals surface area contributed by atoms with E-state index in [1.54, 1.807) is 6.92 Å². The van der Waals surface area contributed by atoms with Crippen molar-refractivity contribution in [2.45, 2.75) is 26.2 Å². The lowest BCUT2D eigenvalue weighted by atomic mass is 10.1. The number of hydrogen-bond acceptors (Lipinski definition) is 4. The molecule has 1 rings (SSSR count). The van der Waals surface area contributed by atoms with Gasteiger partial charge in [0.2, 0.25) is 0 Å². The molecule has 4 nitrogen and oxygen atoms in total. The van der Waals surface area contributed by atoms with E-state index >= 15 is 0 Å². The molecule has 0 aromatic heterocycles. The first-order chi connectivity index (χ1) is 6.14. The molecule has 0 radical (unpaired) electrons. The van der Waals surface area contributed by atoms with Crippen molar-refractivity contribution < 1.29 is 12.6 Å². The van der Waals surface area contributed by atoms with Crippen LogP contribution >= 0.6 is 0 Å². The topological polar surface area (TPSA) is 46.6 Å². The average molecular weight is 207 g/mol. The van der Waals surface area contributed by atoms with Gasteiger partial charge in [0.15, 0.2) is 0 Å². The van der Waals surface area contributed by atoms with E-state index in [0.29, 0.717) is 0 Å². The van der Waals surface area contributed by atoms with E-state index < -0.39 is 10.1 Å². The fourth-order valence-electron chi connectivity index (χ4n) is 1.53. The maximum atomic E-state index is 11.2. The summed E-state index contributed by atoms with van der Waals surface area (Å²) in [7, 11) is -3.31. The van der Waals surface area contributed by atoms with Gasteiger partial charge in [0.1, 0.15) is 5.88 Å². The standard InChI is InChI=1S/C8H17NO3S/c1-2-12-13(10,11)8-9-6-4-3-5-7-9/h2-8H2,1H3. The summed E-state index contributed by atoms with van der Waals surface area (Å²) in [5.74, 6) is 0.0564. The molecule has 0 aliphatic carbocycles. The van der Waals surface area contributed by atoms with E-state index in [-0.39, 0.29) is 12.5 Å². The van der Waals surface area contributed by atoms with E-state index in [4.69, 9.17) is 0 Å². The molecule has 1 aliphatic heterocycles. The highest BCUT2D eigenvalue weighted by Gasteiger charge is 2.18. The minimum Gasteiger partial charge on any atom is -0.288 e. The predicted molar refractivity (Wildman–Crippen MR) is 50.8 cm³/mol. The van der Waals surface area contributed by atoms with Crippen LogP contribution in [0.2, 0.25) is 0 Å². The van der Waals surface area contributed by atoms with Crippen LogP contribution in [0.25, 0.3) is 0 Å². The first-order valence-electron chi connectivity index (χ1n) is 4.73. The first kappa shape index (κ1) is 10.9. The lowest BCUT2D eigenvalue weighted by Crippen LogP contribution is -2.35. The third kappa shape index (κ3) is 4.06. The second kappa shape index (κ2) is 4.93. The minimum atomic E-state index is -3.31. The molecule has 0 atom stereocenters. The van der Waals surface area contributed by atoms with Crippen LogP contribution in [-0.2, 0) is 14.3 Å². The van der Waals surface area contributed by atoms with Crippen molar-refractivity contribution in [2.24, 2.45) is 0 Å². The summed E-state index contributed by atoms with van der Waals surface area (Å²) in [6.07, 6.45) is 3.41. The van der Waals surface area contributed by atoms with E-state index in [2.05, 4.69) is 4.18 Å². The smallest absolute Gasteiger partial charge is 0.280 e. The van der Waals surface area contributed by atoms with Crippen molar-refractivity contribution in [3.05, 3.63) is 0 Å². The monoisotopic (exact) mass is 207 g/mol. The lowest BCUT2D eigenvalue weighted by molar-refractivity contribution is 0.244. The van der Waals surface area contributed by atoms with Crippen molar-refractivity contribution in [2.75, 3.05) is 25.6 Å². The van der Waals surface area contributed by atoms with E-state index in [1.165, 1.54) is 6.42 Å². The number of likely N-dealkylation sites (tertiary alicyclic amines) is 1. The van der Waals surface area contributed by atoms with Crippen LogP contribution in [0, 0.1) is 0 Å². The van der Waals surface area contributed by atoms with Crippen molar-refractivity contribution in [3.8, 4) is 0 Å². The molecule has 0 aromatic carbocycles. The lowest BCUT2D eigenvalue weighted by Gasteiger charge is -2.25. The number of rotatable bonds is 4. The molecule has 0 bridgehead atoms. The van der Waals surface area contributed by atoms with Gasteiger partial charge in [-0.1, -0.05) is 6.42 Å². The largest absolute Gasteiger partial charge is 0.288 e. The molecule has 1 heterocycles. The summed E-state index contributed by atoms with van der Waals surface area (Å²) in [5, 5.41) is 0. The van der Waals surface area contributed by atoms with Crippen molar-refractivity contribution in [1.29, 1.82) is 0 Å². The highest BCUT2D eigenvalue weighted by Crippen LogP contribution is 2.10. The Bertz CT molecular complexity index is 232. The molecule has 0 N–H and O–H groups in total. The van der Waals surface area contributed by atoms with Crippen LogP contribution in [0.5, 0.6) is 0 Å². The van der Waals surface area contributed by atoms with Crippen LogP contribution < -0.4 is 0 Å². The molecule has 0 amide bonds. The second-order valence-electron chi connectivity index (χ2n) is 3.27. The maximum Gasteiger partial charge on any atom is 0.280 e. The Balaban J connectivity index is 2.37. The Hall–Kier alpha value is -0.130. The molecule has 0 spiro atoms. The molecular formula is C8H17NO3S. The van der Waals surface area contributed by atoms with Gasteiger partial charge in [0, 0.05) is 0 Å². The van der Waals surface area contributed by atoms with Crippen LogP contribution in [-0.4, -0.2) is 38.9 Å². The number of hydrogen-bond donors (Lipinski definition) is 0. The molecule has 5 heteroatoms. The molecule has 0 unspecified atom stereocenters.